The van der Waals surface area contributed by atoms with Crippen molar-refractivity contribution in [2.75, 3.05) is 18.0 Å². The number of aryl methyl sites for hydroxylation is 1. The maximum absolute atomic E-state index is 13.8. The van der Waals surface area contributed by atoms with Gasteiger partial charge in [0.25, 0.3) is 11.5 Å². The van der Waals surface area contributed by atoms with Gasteiger partial charge in [0.2, 0.25) is 0 Å². The van der Waals surface area contributed by atoms with Crippen LogP contribution in [0.2, 0.25) is 0 Å². The Balaban J connectivity index is 1.61. The monoisotopic (exact) mass is 496 g/mol. The highest BCUT2D eigenvalue weighted by atomic mass is 32.2. The lowest BCUT2D eigenvalue weighted by Gasteiger charge is -2.36. The van der Waals surface area contributed by atoms with E-state index in [1.807, 2.05) is 25.3 Å². The average molecular weight is 497 g/mol. The van der Waals surface area contributed by atoms with E-state index in [-0.39, 0.29) is 17.5 Å². The number of pyridine rings is 1. The SMILES string of the molecule is Cc1ccc2nc(N3CC(C)CC(C)C3)c(/C=C3\SC(=S)N(C4CCCCC4)C3=O)c(=O)n2c1. The highest BCUT2D eigenvalue weighted by molar-refractivity contribution is 8.26. The van der Waals surface area contributed by atoms with Crippen molar-refractivity contribution >= 4 is 51.7 Å². The van der Waals surface area contributed by atoms with Gasteiger partial charge in [-0.2, -0.15) is 0 Å². The van der Waals surface area contributed by atoms with Crippen LogP contribution < -0.4 is 10.5 Å². The number of fused-ring (bicyclic) bond motifs is 1. The first-order chi connectivity index (χ1) is 16.3. The highest BCUT2D eigenvalue weighted by Crippen LogP contribution is 2.38. The topological polar surface area (TPSA) is 57.9 Å². The number of rotatable bonds is 3. The normalized spacial score (nSPS) is 25.7. The van der Waals surface area contributed by atoms with E-state index >= 15 is 0 Å². The Morgan fingerprint density at radius 1 is 1.09 bits per heavy atom. The summed E-state index contributed by atoms with van der Waals surface area (Å²) < 4.78 is 2.21. The summed E-state index contributed by atoms with van der Waals surface area (Å²) in [6, 6.07) is 4.04. The van der Waals surface area contributed by atoms with Crippen LogP contribution in [0.3, 0.4) is 0 Å². The molecule has 0 bridgehead atoms. The number of thioether (sulfide) groups is 1. The molecule has 8 heteroatoms. The third kappa shape index (κ3) is 4.42. The highest BCUT2D eigenvalue weighted by Gasteiger charge is 2.38. The molecule has 3 fully saturated rings. The van der Waals surface area contributed by atoms with Gasteiger partial charge in [-0.15, -0.1) is 0 Å². The summed E-state index contributed by atoms with van der Waals surface area (Å²) in [5.74, 6) is 1.64. The molecule has 1 aliphatic carbocycles. The summed E-state index contributed by atoms with van der Waals surface area (Å²) in [6.45, 7) is 8.15. The minimum absolute atomic E-state index is 0.0676. The van der Waals surface area contributed by atoms with Crippen LogP contribution in [-0.4, -0.2) is 43.6 Å². The van der Waals surface area contributed by atoms with Gasteiger partial charge >= 0.3 is 0 Å². The van der Waals surface area contributed by atoms with E-state index in [1.165, 1.54) is 18.2 Å². The van der Waals surface area contributed by atoms with E-state index in [9.17, 15) is 9.59 Å². The van der Waals surface area contributed by atoms with Crippen molar-refractivity contribution in [2.45, 2.75) is 65.3 Å². The standard InChI is InChI=1S/C26H32N4O2S2/c1-16-9-10-22-27-23(28-13-17(2)11-18(3)14-28)20(24(31)29(22)15-16)12-21-25(32)30(26(33)34-21)19-7-5-4-6-8-19/h9-10,12,15,17-19H,4-8,11,13-14H2,1-3H3/b21-12-. The molecule has 4 heterocycles. The summed E-state index contributed by atoms with van der Waals surface area (Å²) >= 11 is 6.94. The van der Waals surface area contributed by atoms with E-state index in [0.29, 0.717) is 38.1 Å². The number of carbonyl (C=O) groups is 1. The second-order valence-corrected chi connectivity index (χ2v) is 12.0. The third-order valence-electron chi connectivity index (χ3n) is 7.19. The number of thiocarbonyl (C=S) groups is 1. The smallest absolute Gasteiger partial charge is 0.267 e. The van der Waals surface area contributed by atoms with E-state index in [1.54, 1.807) is 15.4 Å². The molecule has 0 N–H and O–H groups in total. The number of nitrogens with zero attached hydrogens (tertiary/aromatic N) is 4. The third-order valence-corrected chi connectivity index (χ3v) is 8.52. The van der Waals surface area contributed by atoms with E-state index in [4.69, 9.17) is 17.2 Å². The Hall–Kier alpha value is -2.19. The van der Waals surface area contributed by atoms with Crippen molar-refractivity contribution in [1.82, 2.24) is 14.3 Å². The van der Waals surface area contributed by atoms with Gasteiger partial charge in [0.05, 0.1) is 10.5 Å². The predicted octanol–water partition coefficient (Wildman–Crippen LogP) is 5.02. The van der Waals surface area contributed by atoms with Gasteiger partial charge in [-0.25, -0.2) is 4.98 Å². The van der Waals surface area contributed by atoms with E-state index in [0.717, 1.165) is 50.8 Å². The molecule has 2 saturated heterocycles. The first kappa shape index (κ1) is 23.5. The van der Waals surface area contributed by atoms with Crippen LogP contribution in [0.5, 0.6) is 0 Å². The van der Waals surface area contributed by atoms with Crippen molar-refractivity contribution in [3.05, 3.63) is 44.7 Å². The quantitative estimate of drug-likeness (QED) is 0.439. The lowest BCUT2D eigenvalue weighted by atomic mass is 9.91. The number of anilines is 1. The molecule has 0 spiro atoms. The first-order valence-corrected chi connectivity index (χ1v) is 13.6. The molecule has 2 aromatic rings. The predicted molar refractivity (Wildman–Crippen MR) is 143 cm³/mol. The number of piperidine rings is 1. The minimum atomic E-state index is -0.141. The fraction of sp³-hybridized carbons (Fsp3) is 0.538. The van der Waals surface area contributed by atoms with Gasteiger partial charge in [-0.1, -0.05) is 63.2 Å². The molecule has 2 aliphatic heterocycles. The zero-order valence-corrected chi connectivity index (χ0v) is 21.8. The van der Waals surface area contributed by atoms with Gasteiger partial charge < -0.3 is 4.90 Å². The van der Waals surface area contributed by atoms with Crippen LogP contribution in [0.25, 0.3) is 11.7 Å². The van der Waals surface area contributed by atoms with Gasteiger partial charge in [0.15, 0.2) is 0 Å². The first-order valence-electron chi connectivity index (χ1n) is 12.4. The molecule has 1 amide bonds. The average Bonchev–Trinajstić information content (AvgIpc) is 3.08. The van der Waals surface area contributed by atoms with Gasteiger partial charge in [0.1, 0.15) is 15.8 Å². The minimum Gasteiger partial charge on any atom is -0.355 e. The molecule has 2 aromatic heterocycles. The van der Waals surface area contributed by atoms with E-state index in [2.05, 4.69) is 18.7 Å². The second kappa shape index (κ2) is 9.46. The number of amides is 1. The lowest BCUT2D eigenvalue weighted by Crippen LogP contribution is -2.41. The molecule has 3 aliphatic rings. The Kier molecular flexibility index (Phi) is 6.55. The number of hydrogen-bond donors (Lipinski definition) is 0. The van der Waals surface area contributed by atoms with Crippen molar-refractivity contribution < 1.29 is 4.79 Å². The van der Waals surface area contributed by atoms with Gasteiger partial charge in [-0.3, -0.25) is 18.9 Å². The second-order valence-electron chi connectivity index (χ2n) is 10.3. The van der Waals surface area contributed by atoms with Crippen LogP contribution in [0, 0.1) is 18.8 Å². The Morgan fingerprint density at radius 3 is 2.50 bits per heavy atom. The summed E-state index contributed by atoms with van der Waals surface area (Å²) in [7, 11) is 0. The molecule has 0 radical (unpaired) electrons. The Morgan fingerprint density at radius 2 is 1.79 bits per heavy atom. The number of aromatic nitrogens is 2. The maximum atomic E-state index is 13.8. The molecule has 2 unspecified atom stereocenters. The largest absolute Gasteiger partial charge is 0.355 e. The molecule has 6 nitrogen and oxygen atoms in total. The summed E-state index contributed by atoms with van der Waals surface area (Å²) in [4.78, 5) is 36.7. The van der Waals surface area contributed by atoms with Crippen LogP contribution in [0.1, 0.15) is 63.5 Å². The maximum Gasteiger partial charge on any atom is 0.267 e. The zero-order chi connectivity index (χ0) is 24.0. The van der Waals surface area contributed by atoms with Crippen molar-refractivity contribution in [1.29, 1.82) is 0 Å². The lowest BCUT2D eigenvalue weighted by molar-refractivity contribution is -0.124. The zero-order valence-electron chi connectivity index (χ0n) is 20.1. The van der Waals surface area contributed by atoms with Crippen molar-refractivity contribution in [3.8, 4) is 0 Å². The molecular weight excluding hydrogens is 464 g/mol. The van der Waals surface area contributed by atoms with Crippen LogP contribution in [0.15, 0.2) is 28.0 Å². The molecular formula is C26H32N4O2S2. The van der Waals surface area contributed by atoms with E-state index < -0.39 is 0 Å². The Labute approximate surface area is 210 Å². The summed E-state index contributed by atoms with van der Waals surface area (Å²) in [5.41, 5.74) is 1.95. The molecule has 34 heavy (non-hydrogen) atoms. The van der Waals surface area contributed by atoms with Crippen LogP contribution >= 0.6 is 24.0 Å². The number of hydrogen-bond acceptors (Lipinski definition) is 6. The molecule has 1 saturated carbocycles. The molecule has 2 atom stereocenters. The fourth-order valence-electron chi connectivity index (χ4n) is 5.72. The molecule has 0 aromatic carbocycles. The summed E-state index contributed by atoms with van der Waals surface area (Å²) in [5, 5.41) is 0. The van der Waals surface area contributed by atoms with Crippen molar-refractivity contribution in [3.63, 3.8) is 0 Å². The van der Waals surface area contributed by atoms with Crippen LogP contribution in [-0.2, 0) is 4.79 Å². The summed E-state index contributed by atoms with van der Waals surface area (Å²) in [6.07, 6.45) is 10.2. The van der Waals surface area contributed by atoms with Gasteiger partial charge in [-0.05, 0) is 55.7 Å². The van der Waals surface area contributed by atoms with Crippen LogP contribution in [0.4, 0.5) is 5.82 Å². The van der Waals surface area contributed by atoms with Crippen molar-refractivity contribution in [2.24, 2.45) is 11.8 Å². The Bertz CT molecular complexity index is 1220. The fourth-order valence-corrected chi connectivity index (χ4v) is 7.10. The molecule has 180 valence electrons. The number of carbonyl (C=O) groups excluding carboxylic acids is 1. The molecule has 5 rings (SSSR count). The van der Waals surface area contributed by atoms with Gasteiger partial charge in [0, 0.05) is 25.3 Å².